The molecule has 1 aliphatic heterocycles. The van der Waals surface area contributed by atoms with E-state index in [9.17, 15) is 0 Å². The minimum absolute atomic E-state index is 1.16. The van der Waals surface area contributed by atoms with Crippen molar-refractivity contribution in [1.29, 1.82) is 0 Å². The first-order valence-corrected chi connectivity index (χ1v) is 2.79. The Morgan fingerprint density at radius 2 is 2.57 bits per heavy atom. The van der Waals surface area contributed by atoms with Crippen LogP contribution in [0.5, 0.6) is 0 Å². The SMILES string of the molecule is CCC1=CBC=C1. The number of rotatable bonds is 1. The molecule has 0 radical (unpaired) electrons. The molecule has 1 heteroatoms. The molecule has 0 nitrogen and oxygen atoms in total. The van der Waals surface area contributed by atoms with Crippen LogP contribution in [-0.4, -0.2) is 7.28 Å². The van der Waals surface area contributed by atoms with Crippen LogP contribution in [0, 0.1) is 0 Å². The second-order valence-electron chi connectivity index (χ2n) is 1.77. The van der Waals surface area contributed by atoms with Crippen LogP contribution in [0.2, 0.25) is 0 Å². The summed E-state index contributed by atoms with van der Waals surface area (Å²) in [7, 11) is 1.16. The second-order valence-corrected chi connectivity index (χ2v) is 1.77. The van der Waals surface area contributed by atoms with Gasteiger partial charge in [0, 0.05) is 0 Å². The Morgan fingerprint density at radius 3 is 2.86 bits per heavy atom. The van der Waals surface area contributed by atoms with E-state index in [-0.39, 0.29) is 0 Å². The summed E-state index contributed by atoms with van der Waals surface area (Å²) in [5.41, 5.74) is 1.49. The van der Waals surface area contributed by atoms with E-state index in [4.69, 9.17) is 0 Å². The van der Waals surface area contributed by atoms with Crippen LogP contribution in [0.3, 0.4) is 0 Å². The van der Waals surface area contributed by atoms with Crippen LogP contribution in [0.4, 0.5) is 0 Å². The van der Waals surface area contributed by atoms with Crippen molar-refractivity contribution in [1.82, 2.24) is 0 Å². The predicted octanol–water partition coefficient (Wildman–Crippen LogP) is 1.24. The largest absolute Gasteiger partial charge is 0.174 e. The summed E-state index contributed by atoms with van der Waals surface area (Å²) in [6, 6.07) is 0. The van der Waals surface area contributed by atoms with Gasteiger partial charge in [0.1, 0.15) is 0 Å². The third-order valence-corrected chi connectivity index (χ3v) is 1.26. The molecule has 0 fully saturated rings. The van der Waals surface area contributed by atoms with Crippen molar-refractivity contribution in [3.8, 4) is 0 Å². The van der Waals surface area contributed by atoms with Crippen molar-refractivity contribution in [3.05, 3.63) is 23.6 Å². The van der Waals surface area contributed by atoms with Crippen molar-refractivity contribution < 1.29 is 0 Å². The quantitative estimate of drug-likeness (QED) is 0.427. The standard InChI is InChI=1S/C6H9B/c1-2-6-3-4-7-5-6/h3-5,7H,2H2,1H3. The van der Waals surface area contributed by atoms with E-state index in [0.717, 1.165) is 7.28 Å². The van der Waals surface area contributed by atoms with E-state index >= 15 is 0 Å². The smallest absolute Gasteiger partial charge is 0.114 e. The van der Waals surface area contributed by atoms with Crippen LogP contribution >= 0.6 is 0 Å². The summed E-state index contributed by atoms with van der Waals surface area (Å²) in [4.78, 5) is 0. The van der Waals surface area contributed by atoms with E-state index in [1.54, 1.807) is 0 Å². The molecule has 0 aromatic heterocycles. The number of hydrogen-bond donors (Lipinski definition) is 0. The van der Waals surface area contributed by atoms with E-state index in [1.807, 2.05) is 0 Å². The summed E-state index contributed by atoms with van der Waals surface area (Å²) in [6.07, 6.45) is 3.39. The van der Waals surface area contributed by atoms with Gasteiger partial charge in [0.15, 0.2) is 7.28 Å². The maximum atomic E-state index is 2.26. The fourth-order valence-electron chi connectivity index (χ4n) is 0.769. The van der Waals surface area contributed by atoms with E-state index in [1.165, 1.54) is 12.0 Å². The number of allylic oxidation sites excluding steroid dienone is 2. The molecule has 0 amide bonds. The van der Waals surface area contributed by atoms with Crippen LogP contribution in [0.15, 0.2) is 23.6 Å². The van der Waals surface area contributed by atoms with Crippen molar-refractivity contribution in [3.63, 3.8) is 0 Å². The molecule has 7 heavy (non-hydrogen) atoms. The second kappa shape index (κ2) is 2.01. The molecule has 1 rings (SSSR count). The lowest BCUT2D eigenvalue weighted by Crippen LogP contribution is -1.69. The molecule has 1 aliphatic rings. The van der Waals surface area contributed by atoms with E-state index < -0.39 is 0 Å². The molecule has 0 aliphatic carbocycles. The molecule has 0 bridgehead atoms. The van der Waals surface area contributed by atoms with Crippen LogP contribution in [-0.2, 0) is 0 Å². The molecule has 0 saturated carbocycles. The lowest BCUT2D eigenvalue weighted by Gasteiger charge is -1.84. The van der Waals surface area contributed by atoms with Crippen LogP contribution < -0.4 is 0 Å². The minimum Gasteiger partial charge on any atom is -0.114 e. The zero-order valence-electron chi connectivity index (χ0n) is 4.65. The zero-order valence-corrected chi connectivity index (χ0v) is 4.65. The fourth-order valence-corrected chi connectivity index (χ4v) is 0.769. The Bertz CT molecular complexity index is 111. The van der Waals surface area contributed by atoms with Gasteiger partial charge < -0.3 is 0 Å². The maximum Gasteiger partial charge on any atom is 0.174 e. The first-order valence-electron chi connectivity index (χ1n) is 2.79. The Hall–Kier alpha value is -0.455. The summed E-state index contributed by atoms with van der Waals surface area (Å²) >= 11 is 0. The van der Waals surface area contributed by atoms with Gasteiger partial charge in [-0.2, -0.15) is 0 Å². The summed E-state index contributed by atoms with van der Waals surface area (Å²) in [6.45, 7) is 2.18. The first kappa shape index (κ1) is 4.70. The van der Waals surface area contributed by atoms with E-state index in [0.29, 0.717) is 0 Å². The van der Waals surface area contributed by atoms with Crippen molar-refractivity contribution in [2.75, 3.05) is 0 Å². The predicted molar refractivity (Wildman–Crippen MR) is 34.7 cm³/mol. The van der Waals surface area contributed by atoms with E-state index in [2.05, 4.69) is 25.0 Å². The third kappa shape index (κ3) is 0.954. The molecule has 0 atom stereocenters. The highest BCUT2D eigenvalue weighted by Gasteiger charge is 1.91. The lowest BCUT2D eigenvalue weighted by atomic mass is 9.82. The summed E-state index contributed by atoms with van der Waals surface area (Å²) in [5.74, 6) is 4.46. The molecule has 1 heterocycles. The van der Waals surface area contributed by atoms with Gasteiger partial charge in [-0.3, -0.25) is 0 Å². The van der Waals surface area contributed by atoms with Crippen LogP contribution in [0.1, 0.15) is 13.3 Å². The minimum atomic E-state index is 1.16. The summed E-state index contributed by atoms with van der Waals surface area (Å²) < 4.78 is 0. The monoisotopic (exact) mass is 92.1 g/mol. The molecule has 0 unspecified atom stereocenters. The average molecular weight is 91.9 g/mol. The average Bonchev–Trinajstić information content (AvgIpc) is 2.14. The third-order valence-electron chi connectivity index (χ3n) is 1.26. The highest BCUT2D eigenvalue weighted by atomic mass is 13.9. The molecular formula is C6H9B. The molecule has 0 saturated heterocycles. The Kier molecular flexibility index (Phi) is 1.35. The molecule has 0 aromatic rings. The molecule has 0 spiro atoms. The van der Waals surface area contributed by atoms with Gasteiger partial charge in [-0.15, -0.1) is 12.0 Å². The van der Waals surface area contributed by atoms with Crippen molar-refractivity contribution in [2.24, 2.45) is 0 Å². The lowest BCUT2D eigenvalue weighted by molar-refractivity contribution is 1.16. The Labute approximate surface area is 45.2 Å². The highest BCUT2D eigenvalue weighted by molar-refractivity contribution is 6.49. The van der Waals surface area contributed by atoms with Crippen molar-refractivity contribution in [2.45, 2.75) is 13.3 Å². The zero-order chi connectivity index (χ0) is 5.11. The van der Waals surface area contributed by atoms with Gasteiger partial charge in [-0.1, -0.05) is 18.6 Å². The topological polar surface area (TPSA) is 0 Å². The Morgan fingerprint density at radius 1 is 1.71 bits per heavy atom. The Balaban J connectivity index is 2.52. The molecule has 36 valence electrons. The van der Waals surface area contributed by atoms with Gasteiger partial charge in [0.05, 0.1) is 0 Å². The molecule has 0 aromatic carbocycles. The highest BCUT2D eigenvalue weighted by Crippen LogP contribution is 2.05. The first-order chi connectivity index (χ1) is 3.43. The number of hydrogen-bond acceptors (Lipinski definition) is 0. The van der Waals surface area contributed by atoms with Gasteiger partial charge in [0.25, 0.3) is 0 Å². The van der Waals surface area contributed by atoms with Gasteiger partial charge in [0.2, 0.25) is 0 Å². The molecular weight excluding hydrogens is 82.9 g/mol. The van der Waals surface area contributed by atoms with Gasteiger partial charge in [-0.05, 0) is 6.42 Å². The van der Waals surface area contributed by atoms with Crippen molar-refractivity contribution >= 4 is 7.28 Å². The van der Waals surface area contributed by atoms with Crippen LogP contribution in [0.25, 0.3) is 0 Å². The molecule has 0 N–H and O–H groups in total. The fraction of sp³-hybridized carbons (Fsp3) is 0.333. The van der Waals surface area contributed by atoms with Gasteiger partial charge >= 0.3 is 0 Å². The van der Waals surface area contributed by atoms with Gasteiger partial charge in [-0.25, -0.2) is 0 Å². The maximum absolute atomic E-state index is 2.26. The normalized spacial score (nSPS) is 16.4. The summed E-state index contributed by atoms with van der Waals surface area (Å²) in [5, 5.41) is 0.